The molecule has 0 radical (unpaired) electrons. The number of likely N-dealkylation sites (N-methyl/N-ethyl adjacent to an activating group) is 1. The highest BCUT2D eigenvalue weighted by atomic mass is 32.1. The molecule has 0 saturated carbocycles. The second-order valence-electron chi connectivity index (χ2n) is 6.65. The molecule has 1 fully saturated rings. The highest BCUT2D eigenvalue weighted by molar-refractivity contribution is 7.09. The number of thiazole rings is 1. The Labute approximate surface area is 163 Å². The summed E-state index contributed by atoms with van der Waals surface area (Å²) in [6.07, 6.45) is 0.0163. The minimum Gasteiger partial charge on any atom is -0.486 e. The average molecular weight is 391 g/mol. The number of hydrogen-bond acceptors (Lipinski definition) is 7. The Balaban J connectivity index is 1.46. The van der Waals surface area contributed by atoms with E-state index >= 15 is 0 Å². The van der Waals surface area contributed by atoms with E-state index in [9.17, 15) is 4.79 Å². The molecule has 3 rings (SSSR count). The van der Waals surface area contributed by atoms with E-state index in [-0.39, 0.29) is 12.6 Å². The van der Waals surface area contributed by atoms with Crippen molar-refractivity contribution < 1.29 is 19.4 Å². The van der Waals surface area contributed by atoms with Crippen LogP contribution in [0, 0.1) is 0 Å². The van der Waals surface area contributed by atoms with Gasteiger partial charge >= 0.3 is 5.97 Å². The zero-order valence-electron chi connectivity index (χ0n) is 15.4. The summed E-state index contributed by atoms with van der Waals surface area (Å²) in [5.41, 5.74) is 1.03. The van der Waals surface area contributed by atoms with Gasteiger partial charge in [0, 0.05) is 31.6 Å². The quantitative estimate of drug-likeness (QED) is 0.700. The van der Waals surface area contributed by atoms with Gasteiger partial charge in [0.05, 0.1) is 24.9 Å². The first-order chi connectivity index (χ1) is 13.1. The predicted molar refractivity (Wildman–Crippen MR) is 103 cm³/mol. The van der Waals surface area contributed by atoms with E-state index in [1.165, 1.54) is 0 Å². The van der Waals surface area contributed by atoms with E-state index < -0.39 is 5.97 Å². The van der Waals surface area contributed by atoms with Crippen LogP contribution in [0.1, 0.15) is 10.7 Å². The summed E-state index contributed by atoms with van der Waals surface area (Å²) in [4.78, 5) is 19.5. The molecule has 0 bridgehead atoms. The van der Waals surface area contributed by atoms with Crippen LogP contribution in [0.5, 0.6) is 5.75 Å². The molecular formula is C19H25N3O4S. The zero-order valence-corrected chi connectivity index (χ0v) is 16.2. The number of aliphatic carboxylic acids is 1. The first kappa shape index (κ1) is 19.8. The molecule has 7 nitrogen and oxygen atoms in total. The van der Waals surface area contributed by atoms with Crippen LogP contribution in [0.3, 0.4) is 0 Å². The van der Waals surface area contributed by atoms with Crippen molar-refractivity contribution in [1.29, 1.82) is 0 Å². The molecule has 27 heavy (non-hydrogen) atoms. The van der Waals surface area contributed by atoms with Gasteiger partial charge in [0.15, 0.2) is 0 Å². The van der Waals surface area contributed by atoms with E-state index in [2.05, 4.69) is 15.3 Å². The molecule has 146 valence electrons. The summed E-state index contributed by atoms with van der Waals surface area (Å²) < 4.78 is 11.5. The second kappa shape index (κ2) is 9.80. The smallest absolute Gasteiger partial charge is 0.317 e. The number of rotatable bonds is 9. The van der Waals surface area contributed by atoms with Gasteiger partial charge in [-0.1, -0.05) is 18.2 Å². The molecule has 0 spiro atoms. The third kappa shape index (κ3) is 6.59. The van der Waals surface area contributed by atoms with Crippen LogP contribution in [0.4, 0.5) is 0 Å². The van der Waals surface area contributed by atoms with Gasteiger partial charge < -0.3 is 14.6 Å². The predicted octanol–water partition coefficient (Wildman–Crippen LogP) is 1.94. The number of hydrogen-bond donors (Lipinski definition) is 1. The maximum atomic E-state index is 10.8. The van der Waals surface area contributed by atoms with E-state index in [0.29, 0.717) is 19.8 Å². The summed E-state index contributed by atoms with van der Waals surface area (Å²) in [6.45, 7) is 4.15. The van der Waals surface area contributed by atoms with Crippen molar-refractivity contribution in [3.8, 4) is 5.75 Å². The lowest BCUT2D eigenvalue weighted by molar-refractivity contribution is -0.138. The Kier molecular flexibility index (Phi) is 7.17. The van der Waals surface area contributed by atoms with Crippen molar-refractivity contribution in [2.75, 3.05) is 39.8 Å². The Morgan fingerprint density at radius 1 is 1.44 bits per heavy atom. The van der Waals surface area contributed by atoms with Crippen molar-refractivity contribution in [1.82, 2.24) is 14.8 Å². The van der Waals surface area contributed by atoms with E-state index in [4.69, 9.17) is 14.6 Å². The molecule has 1 saturated heterocycles. The van der Waals surface area contributed by atoms with Gasteiger partial charge in [-0.2, -0.15) is 0 Å². The minimum absolute atomic E-state index is 0.0163. The molecule has 1 atom stereocenters. The molecule has 1 aromatic carbocycles. The first-order valence-corrected chi connectivity index (χ1v) is 9.82. The number of ether oxygens (including phenoxy) is 2. The van der Waals surface area contributed by atoms with Crippen LogP contribution in [-0.4, -0.2) is 71.8 Å². The lowest BCUT2D eigenvalue weighted by Crippen LogP contribution is -2.47. The Hall–Kier alpha value is -2.00. The number of carbonyl (C=O) groups is 1. The van der Waals surface area contributed by atoms with Crippen LogP contribution >= 0.6 is 11.3 Å². The fourth-order valence-electron chi connectivity index (χ4n) is 3.06. The number of carboxylic acids is 1. The monoisotopic (exact) mass is 391 g/mol. The van der Waals surface area contributed by atoms with Gasteiger partial charge in [0.2, 0.25) is 0 Å². The number of para-hydroxylation sites is 1. The normalized spacial score (nSPS) is 17.9. The lowest BCUT2D eigenvalue weighted by Gasteiger charge is -2.34. The third-order valence-electron chi connectivity index (χ3n) is 4.23. The van der Waals surface area contributed by atoms with E-state index in [1.54, 1.807) is 23.3 Å². The van der Waals surface area contributed by atoms with Crippen LogP contribution in [0.15, 0.2) is 35.7 Å². The summed E-state index contributed by atoms with van der Waals surface area (Å²) in [5, 5.41) is 11.9. The zero-order chi connectivity index (χ0) is 19.1. The van der Waals surface area contributed by atoms with Gasteiger partial charge in [-0.15, -0.1) is 11.3 Å². The number of morpholine rings is 1. The van der Waals surface area contributed by atoms with Crippen molar-refractivity contribution in [3.63, 3.8) is 0 Å². The summed E-state index contributed by atoms with van der Waals surface area (Å²) in [5.74, 6) is 0.0219. The molecule has 2 aromatic rings. The van der Waals surface area contributed by atoms with Gasteiger partial charge in [0.25, 0.3) is 0 Å². The van der Waals surface area contributed by atoms with E-state index in [0.717, 1.165) is 36.1 Å². The molecule has 1 N–H and O–H groups in total. The SMILES string of the molecule is CN(CC(=O)O)CC1CN(Cc2csc(COc3ccccc3)n2)CCO1. The van der Waals surface area contributed by atoms with Crippen LogP contribution in [0.2, 0.25) is 0 Å². The molecule has 1 aliphatic heterocycles. The summed E-state index contributed by atoms with van der Waals surface area (Å²) in [7, 11) is 1.80. The Bertz CT molecular complexity index is 725. The van der Waals surface area contributed by atoms with Crippen molar-refractivity contribution in [2.24, 2.45) is 0 Å². The fraction of sp³-hybridized carbons (Fsp3) is 0.474. The Morgan fingerprint density at radius 3 is 3.04 bits per heavy atom. The van der Waals surface area contributed by atoms with Crippen LogP contribution in [0.25, 0.3) is 0 Å². The molecular weight excluding hydrogens is 366 g/mol. The molecule has 0 aliphatic carbocycles. The number of nitrogens with zero attached hydrogens (tertiary/aromatic N) is 3. The molecule has 2 heterocycles. The molecule has 0 amide bonds. The van der Waals surface area contributed by atoms with Crippen molar-refractivity contribution in [2.45, 2.75) is 19.3 Å². The summed E-state index contributed by atoms with van der Waals surface area (Å²) >= 11 is 1.61. The number of aromatic nitrogens is 1. The first-order valence-electron chi connectivity index (χ1n) is 8.94. The second-order valence-corrected chi connectivity index (χ2v) is 7.60. The number of carboxylic acid groups (broad SMARTS) is 1. The van der Waals surface area contributed by atoms with Crippen molar-refractivity contribution >= 4 is 17.3 Å². The topological polar surface area (TPSA) is 75.1 Å². The van der Waals surface area contributed by atoms with Crippen molar-refractivity contribution in [3.05, 3.63) is 46.4 Å². The minimum atomic E-state index is -0.821. The van der Waals surface area contributed by atoms with Gasteiger partial charge in [0.1, 0.15) is 17.4 Å². The standard InChI is InChI=1S/C19H25N3O4S/c1-21(12-19(23)24)10-17-11-22(7-8-25-17)9-15-14-27-18(20-15)13-26-16-5-3-2-4-6-16/h2-6,14,17H,7-13H2,1H3,(H,23,24). The fourth-order valence-corrected chi connectivity index (χ4v) is 3.75. The lowest BCUT2D eigenvalue weighted by atomic mass is 10.2. The largest absolute Gasteiger partial charge is 0.486 e. The highest BCUT2D eigenvalue weighted by Gasteiger charge is 2.23. The molecule has 1 unspecified atom stereocenters. The maximum Gasteiger partial charge on any atom is 0.317 e. The molecule has 1 aliphatic rings. The molecule has 8 heteroatoms. The average Bonchev–Trinajstić information content (AvgIpc) is 3.08. The van der Waals surface area contributed by atoms with Crippen LogP contribution < -0.4 is 4.74 Å². The third-order valence-corrected chi connectivity index (χ3v) is 5.10. The van der Waals surface area contributed by atoms with Crippen LogP contribution in [-0.2, 0) is 22.7 Å². The van der Waals surface area contributed by atoms with Gasteiger partial charge in [-0.05, 0) is 19.2 Å². The Morgan fingerprint density at radius 2 is 2.26 bits per heavy atom. The van der Waals surface area contributed by atoms with E-state index in [1.807, 2.05) is 30.3 Å². The maximum absolute atomic E-state index is 10.8. The molecule has 1 aromatic heterocycles. The number of benzene rings is 1. The summed E-state index contributed by atoms with van der Waals surface area (Å²) in [6, 6.07) is 9.73. The van der Waals surface area contributed by atoms with Gasteiger partial charge in [-0.3, -0.25) is 14.6 Å². The highest BCUT2D eigenvalue weighted by Crippen LogP contribution is 2.17. The van der Waals surface area contributed by atoms with Gasteiger partial charge in [-0.25, -0.2) is 4.98 Å².